The predicted molar refractivity (Wildman–Crippen MR) is 113 cm³/mol. The van der Waals surface area contributed by atoms with Gasteiger partial charge in [-0.3, -0.25) is 15.6 Å². The summed E-state index contributed by atoms with van der Waals surface area (Å²) in [4.78, 5) is 12.5. The third kappa shape index (κ3) is 4.24. The first kappa shape index (κ1) is 18.6. The van der Waals surface area contributed by atoms with E-state index in [-0.39, 0.29) is 12.5 Å². The van der Waals surface area contributed by atoms with Crippen LogP contribution >= 0.6 is 0 Å². The molecule has 2 N–H and O–H groups in total. The molecule has 0 aromatic heterocycles. The van der Waals surface area contributed by atoms with E-state index < -0.39 is 6.10 Å². The van der Waals surface area contributed by atoms with E-state index in [1.807, 2.05) is 61.5 Å². The molecule has 0 spiro atoms. The number of carbonyl (C=O) groups is 1. The zero-order chi connectivity index (χ0) is 20.1. The van der Waals surface area contributed by atoms with Crippen LogP contribution in [0.1, 0.15) is 12.5 Å². The SMILES string of the molecule is C/C=C(\NNC(=O)[C@H]1COc2ccccc2O1)c1ccc(-c2ccccc2)cc1. The minimum atomic E-state index is -0.712. The molecule has 0 unspecified atom stereocenters. The number of rotatable bonds is 5. The average molecular weight is 386 g/mol. The fraction of sp³-hybridized carbons (Fsp3) is 0.125. The molecule has 1 aliphatic heterocycles. The summed E-state index contributed by atoms with van der Waals surface area (Å²) in [5, 5.41) is 0. The normalized spacial score (nSPS) is 15.5. The summed E-state index contributed by atoms with van der Waals surface area (Å²) in [5.41, 5.74) is 9.78. The molecule has 1 aliphatic rings. The molecule has 0 fully saturated rings. The monoisotopic (exact) mass is 386 g/mol. The minimum absolute atomic E-state index is 0.168. The molecule has 1 amide bonds. The zero-order valence-corrected chi connectivity index (χ0v) is 16.1. The van der Waals surface area contributed by atoms with Gasteiger partial charge < -0.3 is 9.47 Å². The second-order valence-electron chi connectivity index (χ2n) is 6.62. The predicted octanol–water partition coefficient (Wildman–Crippen LogP) is 4.18. The van der Waals surface area contributed by atoms with Gasteiger partial charge in [-0.2, -0.15) is 0 Å². The van der Waals surface area contributed by atoms with Gasteiger partial charge >= 0.3 is 0 Å². The molecule has 0 saturated heterocycles. The van der Waals surface area contributed by atoms with Gasteiger partial charge in [0.2, 0.25) is 6.10 Å². The lowest BCUT2D eigenvalue weighted by molar-refractivity contribution is -0.131. The van der Waals surface area contributed by atoms with Crippen LogP contribution in [0.25, 0.3) is 16.8 Å². The van der Waals surface area contributed by atoms with Crippen molar-refractivity contribution in [3.63, 3.8) is 0 Å². The molecule has 3 aromatic rings. The Labute approximate surface area is 169 Å². The first-order valence-corrected chi connectivity index (χ1v) is 9.51. The molecule has 0 aliphatic carbocycles. The highest BCUT2D eigenvalue weighted by Crippen LogP contribution is 2.30. The van der Waals surface area contributed by atoms with E-state index in [1.165, 1.54) is 0 Å². The zero-order valence-electron chi connectivity index (χ0n) is 16.1. The lowest BCUT2D eigenvalue weighted by atomic mass is 10.0. The van der Waals surface area contributed by atoms with Crippen LogP contribution in [0.15, 0.2) is 84.9 Å². The van der Waals surface area contributed by atoms with Crippen LogP contribution in [0.3, 0.4) is 0 Å². The van der Waals surface area contributed by atoms with Gasteiger partial charge in [-0.1, -0.05) is 72.8 Å². The summed E-state index contributed by atoms with van der Waals surface area (Å²) in [6.45, 7) is 2.08. The molecule has 0 bridgehead atoms. The van der Waals surface area contributed by atoms with E-state index in [2.05, 4.69) is 35.1 Å². The number of hydrogen-bond acceptors (Lipinski definition) is 4. The Balaban J connectivity index is 1.38. The molecule has 1 heterocycles. The first-order chi connectivity index (χ1) is 14.2. The number of hydrogen-bond donors (Lipinski definition) is 2. The Morgan fingerprint density at radius 1 is 0.862 bits per heavy atom. The highest BCUT2D eigenvalue weighted by molar-refractivity contribution is 5.82. The van der Waals surface area contributed by atoms with E-state index in [1.54, 1.807) is 6.07 Å². The highest BCUT2D eigenvalue weighted by atomic mass is 16.6. The Morgan fingerprint density at radius 3 is 2.24 bits per heavy atom. The number of nitrogens with one attached hydrogen (secondary N) is 2. The molecule has 146 valence electrons. The van der Waals surface area contributed by atoms with Crippen molar-refractivity contribution in [3.05, 3.63) is 90.5 Å². The molecule has 5 nitrogen and oxygen atoms in total. The number of para-hydroxylation sites is 2. The summed E-state index contributed by atoms with van der Waals surface area (Å²) in [6.07, 6.45) is 1.20. The number of fused-ring (bicyclic) bond motifs is 1. The summed E-state index contributed by atoms with van der Waals surface area (Å²) < 4.78 is 11.3. The maximum absolute atomic E-state index is 12.5. The van der Waals surface area contributed by atoms with Gasteiger partial charge in [-0.15, -0.1) is 0 Å². The molecule has 0 radical (unpaired) electrons. The fourth-order valence-corrected chi connectivity index (χ4v) is 3.14. The van der Waals surface area contributed by atoms with Crippen molar-refractivity contribution in [3.8, 4) is 22.6 Å². The average Bonchev–Trinajstić information content (AvgIpc) is 2.80. The van der Waals surface area contributed by atoms with Crippen LogP contribution in [0.2, 0.25) is 0 Å². The van der Waals surface area contributed by atoms with Crippen molar-refractivity contribution in [1.82, 2.24) is 10.9 Å². The van der Waals surface area contributed by atoms with Crippen LogP contribution < -0.4 is 20.3 Å². The molecule has 5 heteroatoms. The quantitative estimate of drug-likeness (QED) is 0.646. The second kappa shape index (κ2) is 8.52. The molecular formula is C24H22N2O3. The van der Waals surface area contributed by atoms with Gasteiger partial charge in [-0.25, -0.2) is 0 Å². The Hall–Kier alpha value is -3.73. The fourth-order valence-electron chi connectivity index (χ4n) is 3.14. The number of benzene rings is 3. The maximum atomic E-state index is 12.5. The van der Waals surface area contributed by atoms with Crippen molar-refractivity contribution in [2.75, 3.05) is 6.61 Å². The smallest absolute Gasteiger partial charge is 0.282 e. The Bertz CT molecular complexity index is 1010. The van der Waals surface area contributed by atoms with E-state index in [4.69, 9.17) is 9.47 Å². The third-order valence-corrected chi connectivity index (χ3v) is 4.71. The van der Waals surface area contributed by atoms with Gasteiger partial charge in [0.05, 0.1) is 5.70 Å². The van der Waals surface area contributed by atoms with Crippen LogP contribution in [-0.2, 0) is 4.79 Å². The summed E-state index contributed by atoms with van der Waals surface area (Å²) in [6, 6.07) is 25.7. The van der Waals surface area contributed by atoms with Crippen molar-refractivity contribution in [2.45, 2.75) is 13.0 Å². The summed E-state index contributed by atoms with van der Waals surface area (Å²) >= 11 is 0. The highest BCUT2D eigenvalue weighted by Gasteiger charge is 2.27. The molecule has 3 aromatic carbocycles. The number of amides is 1. The van der Waals surface area contributed by atoms with Crippen LogP contribution in [0.4, 0.5) is 0 Å². The second-order valence-corrected chi connectivity index (χ2v) is 6.62. The number of ether oxygens (including phenoxy) is 2. The van der Waals surface area contributed by atoms with Crippen LogP contribution in [0.5, 0.6) is 11.5 Å². The maximum Gasteiger partial charge on any atom is 0.282 e. The van der Waals surface area contributed by atoms with Crippen molar-refractivity contribution >= 4 is 11.6 Å². The number of carbonyl (C=O) groups excluding carboxylic acids is 1. The van der Waals surface area contributed by atoms with Crippen molar-refractivity contribution in [2.24, 2.45) is 0 Å². The molecule has 4 rings (SSSR count). The van der Waals surface area contributed by atoms with E-state index in [0.29, 0.717) is 11.5 Å². The molecule has 0 saturated carbocycles. The minimum Gasteiger partial charge on any atom is -0.485 e. The van der Waals surface area contributed by atoms with E-state index >= 15 is 0 Å². The summed E-state index contributed by atoms with van der Waals surface area (Å²) in [7, 11) is 0. The van der Waals surface area contributed by atoms with Crippen LogP contribution in [0, 0.1) is 0 Å². The lowest BCUT2D eigenvalue weighted by Crippen LogP contribution is -2.48. The van der Waals surface area contributed by atoms with Crippen LogP contribution in [-0.4, -0.2) is 18.6 Å². The molecule has 1 atom stereocenters. The topological polar surface area (TPSA) is 59.6 Å². The number of allylic oxidation sites excluding steroid dienone is 1. The van der Waals surface area contributed by atoms with Gasteiger partial charge in [0.1, 0.15) is 6.61 Å². The standard InChI is InChI=1S/C24H22N2O3/c1-2-20(19-14-12-18(13-15-19)17-8-4-3-5-9-17)25-26-24(27)23-16-28-21-10-6-7-11-22(21)29-23/h2-15,23,25H,16H2,1H3,(H,26,27)/b20-2-/t23-/m1/s1. The Morgan fingerprint density at radius 2 is 1.52 bits per heavy atom. The largest absolute Gasteiger partial charge is 0.485 e. The first-order valence-electron chi connectivity index (χ1n) is 9.51. The molecular weight excluding hydrogens is 364 g/mol. The van der Waals surface area contributed by atoms with Gasteiger partial charge in [0, 0.05) is 0 Å². The van der Waals surface area contributed by atoms with Crippen molar-refractivity contribution < 1.29 is 14.3 Å². The van der Waals surface area contributed by atoms with Crippen molar-refractivity contribution in [1.29, 1.82) is 0 Å². The Kier molecular flexibility index (Phi) is 5.47. The third-order valence-electron chi connectivity index (χ3n) is 4.71. The van der Waals surface area contributed by atoms with Gasteiger partial charge in [-0.05, 0) is 35.7 Å². The van der Waals surface area contributed by atoms with E-state index in [9.17, 15) is 4.79 Å². The number of hydrazine groups is 1. The van der Waals surface area contributed by atoms with E-state index in [0.717, 1.165) is 22.4 Å². The molecule has 29 heavy (non-hydrogen) atoms. The van der Waals surface area contributed by atoms with Gasteiger partial charge in [0.25, 0.3) is 5.91 Å². The lowest BCUT2D eigenvalue weighted by Gasteiger charge is -2.26. The van der Waals surface area contributed by atoms with Gasteiger partial charge in [0.15, 0.2) is 11.5 Å². The summed E-state index contributed by atoms with van der Waals surface area (Å²) in [5.74, 6) is 0.929.